The summed E-state index contributed by atoms with van der Waals surface area (Å²) in [5, 5.41) is 3.49. The number of nitrogens with zero attached hydrogens (tertiary/aromatic N) is 2. The molecule has 0 radical (unpaired) electrons. The topological polar surface area (TPSA) is 68.5 Å². The first-order valence-corrected chi connectivity index (χ1v) is 10.4. The highest BCUT2D eigenvalue weighted by Crippen LogP contribution is 2.30. The fourth-order valence-electron chi connectivity index (χ4n) is 3.53. The highest BCUT2D eigenvalue weighted by atomic mass is 127. The normalized spacial score (nSPS) is 16.0. The maximum Gasteiger partial charge on any atom is 0.193 e. The average Bonchev–Trinajstić information content (AvgIpc) is 3.45. The molecule has 0 aliphatic carbocycles. The summed E-state index contributed by atoms with van der Waals surface area (Å²) in [5.74, 6) is 3.81. The van der Waals surface area contributed by atoms with Crippen LogP contribution < -0.4 is 14.8 Å². The molecule has 31 heavy (non-hydrogen) atoms. The molecule has 0 bridgehead atoms. The number of benzene rings is 1. The first kappa shape index (κ1) is 25.3. The van der Waals surface area contributed by atoms with Crippen LogP contribution in [0.15, 0.2) is 39.9 Å². The maximum atomic E-state index is 5.50. The number of nitrogens with one attached hydrogen (secondary N) is 1. The van der Waals surface area contributed by atoms with Crippen molar-refractivity contribution in [3.05, 3.63) is 47.4 Å². The lowest BCUT2D eigenvalue weighted by Gasteiger charge is -2.24. The fraction of sp³-hybridized carbons (Fsp3) is 0.522. The minimum atomic E-state index is 0. The molecule has 1 aromatic carbocycles. The number of hydrogen-bond acceptors (Lipinski definition) is 5. The van der Waals surface area contributed by atoms with Crippen LogP contribution in [-0.4, -0.2) is 58.4 Å². The molecule has 0 saturated carbocycles. The zero-order valence-corrected chi connectivity index (χ0v) is 21.2. The van der Waals surface area contributed by atoms with Crippen LogP contribution in [0.25, 0.3) is 0 Å². The van der Waals surface area contributed by atoms with Crippen molar-refractivity contribution in [2.45, 2.75) is 26.3 Å². The second kappa shape index (κ2) is 12.8. The Morgan fingerprint density at radius 1 is 1.26 bits per heavy atom. The van der Waals surface area contributed by atoms with E-state index in [0.717, 1.165) is 67.9 Å². The number of hydrogen-bond donors (Lipinski definition) is 1. The minimum absolute atomic E-state index is 0. The number of furan rings is 1. The van der Waals surface area contributed by atoms with Crippen LogP contribution in [0.3, 0.4) is 0 Å². The number of halogens is 1. The molecule has 1 atom stereocenters. The standard InChI is InChI=1S/C23H33N3O4.HI/c1-17-12-21(27-3)22(28-4)13-19(17)15-26(2)23(25-14-18-8-11-29-16-18)24-9-7-20-6-5-10-30-20;/h5-6,10,12-13,18H,7-9,11,14-16H2,1-4H3,(H,24,25);1H. The highest BCUT2D eigenvalue weighted by molar-refractivity contribution is 14.0. The van der Waals surface area contributed by atoms with Gasteiger partial charge in [0.15, 0.2) is 17.5 Å². The van der Waals surface area contributed by atoms with Gasteiger partial charge in [0.25, 0.3) is 0 Å². The van der Waals surface area contributed by atoms with E-state index in [-0.39, 0.29) is 24.0 Å². The van der Waals surface area contributed by atoms with Gasteiger partial charge >= 0.3 is 0 Å². The van der Waals surface area contributed by atoms with Gasteiger partial charge in [-0.1, -0.05) is 0 Å². The van der Waals surface area contributed by atoms with E-state index in [2.05, 4.69) is 24.2 Å². The van der Waals surface area contributed by atoms with Crippen LogP contribution in [0.5, 0.6) is 11.5 Å². The minimum Gasteiger partial charge on any atom is -0.493 e. The van der Waals surface area contributed by atoms with Crippen molar-refractivity contribution in [1.29, 1.82) is 0 Å². The van der Waals surface area contributed by atoms with Gasteiger partial charge in [-0.25, -0.2) is 0 Å². The number of rotatable bonds is 9. The van der Waals surface area contributed by atoms with Gasteiger partial charge in [-0.05, 0) is 48.7 Å². The van der Waals surface area contributed by atoms with Crippen LogP contribution in [0.2, 0.25) is 0 Å². The smallest absolute Gasteiger partial charge is 0.193 e. The Hall–Kier alpha value is -1.94. The van der Waals surface area contributed by atoms with Crippen molar-refractivity contribution in [3.8, 4) is 11.5 Å². The van der Waals surface area contributed by atoms with Gasteiger partial charge in [0.05, 0.1) is 27.1 Å². The predicted octanol–water partition coefficient (Wildman–Crippen LogP) is 3.88. The van der Waals surface area contributed by atoms with E-state index >= 15 is 0 Å². The van der Waals surface area contributed by atoms with Crippen molar-refractivity contribution in [2.75, 3.05) is 47.6 Å². The number of aliphatic imine (C=N–C) groups is 1. The van der Waals surface area contributed by atoms with Crippen molar-refractivity contribution >= 4 is 29.9 Å². The summed E-state index contributed by atoms with van der Waals surface area (Å²) in [6, 6.07) is 7.95. The van der Waals surface area contributed by atoms with Gasteiger partial charge < -0.3 is 28.8 Å². The van der Waals surface area contributed by atoms with Crippen LogP contribution in [0.1, 0.15) is 23.3 Å². The largest absolute Gasteiger partial charge is 0.493 e. The molecular weight excluding hydrogens is 509 g/mol. The molecule has 172 valence electrons. The Labute approximate surface area is 202 Å². The van der Waals surface area contributed by atoms with Crippen LogP contribution in [-0.2, 0) is 17.7 Å². The second-order valence-electron chi connectivity index (χ2n) is 7.64. The van der Waals surface area contributed by atoms with E-state index < -0.39 is 0 Å². The molecule has 8 heteroatoms. The molecule has 2 heterocycles. The van der Waals surface area contributed by atoms with E-state index in [9.17, 15) is 0 Å². The Morgan fingerprint density at radius 2 is 2.03 bits per heavy atom. The molecule has 2 aromatic rings. The van der Waals surface area contributed by atoms with Crippen molar-refractivity contribution < 1.29 is 18.6 Å². The van der Waals surface area contributed by atoms with Crippen LogP contribution in [0.4, 0.5) is 0 Å². The zero-order valence-electron chi connectivity index (χ0n) is 18.8. The molecule has 7 nitrogen and oxygen atoms in total. The van der Waals surface area contributed by atoms with Gasteiger partial charge in [-0.3, -0.25) is 4.99 Å². The molecule has 1 aliphatic rings. The quantitative estimate of drug-likeness (QED) is 0.294. The molecule has 3 rings (SSSR count). The van der Waals surface area contributed by atoms with Gasteiger partial charge in [0.1, 0.15) is 5.76 Å². The van der Waals surface area contributed by atoms with Gasteiger partial charge in [-0.2, -0.15) is 0 Å². The molecule has 1 N–H and O–H groups in total. The first-order valence-electron chi connectivity index (χ1n) is 10.4. The van der Waals surface area contributed by atoms with Crippen molar-refractivity contribution in [3.63, 3.8) is 0 Å². The van der Waals surface area contributed by atoms with Crippen molar-refractivity contribution in [1.82, 2.24) is 10.2 Å². The Balaban J connectivity index is 0.00000341. The Bertz CT molecular complexity index is 820. The predicted molar refractivity (Wildman–Crippen MR) is 133 cm³/mol. The molecular formula is C23H34IN3O4. The van der Waals surface area contributed by atoms with E-state index in [1.165, 1.54) is 5.56 Å². The third-order valence-corrected chi connectivity index (χ3v) is 5.37. The SMILES string of the molecule is COc1cc(C)c(CN(C)C(=NCC2CCOC2)NCCc2ccco2)cc1OC.I. The highest BCUT2D eigenvalue weighted by Gasteiger charge is 2.17. The lowest BCUT2D eigenvalue weighted by Crippen LogP contribution is -2.40. The third-order valence-electron chi connectivity index (χ3n) is 5.37. The summed E-state index contributed by atoms with van der Waals surface area (Å²) in [4.78, 5) is 7.04. The van der Waals surface area contributed by atoms with Crippen molar-refractivity contribution in [2.24, 2.45) is 10.9 Å². The Morgan fingerprint density at radius 3 is 2.68 bits per heavy atom. The summed E-state index contributed by atoms with van der Waals surface area (Å²) >= 11 is 0. The summed E-state index contributed by atoms with van der Waals surface area (Å²) in [5.41, 5.74) is 2.32. The summed E-state index contributed by atoms with van der Waals surface area (Å²) in [6.45, 7) is 5.94. The van der Waals surface area contributed by atoms with Gasteiger partial charge in [0.2, 0.25) is 0 Å². The number of methoxy groups -OCH3 is 2. The number of aryl methyl sites for hydroxylation is 1. The van der Waals surface area contributed by atoms with E-state index in [0.29, 0.717) is 12.5 Å². The number of guanidine groups is 1. The first-order chi connectivity index (χ1) is 14.6. The third kappa shape index (κ3) is 7.31. The van der Waals surface area contributed by atoms with Gasteiger partial charge in [0, 0.05) is 45.6 Å². The van der Waals surface area contributed by atoms with E-state index in [4.69, 9.17) is 23.6 Å². The molecule has 1 saturated heterocycles. The summed E-state index contributed by atoms with van der Waals surface area (Å²) in [6.07, 6.45) is 3.58. The van der Waals surface area contributed by atoms with E-state index in [1.807, 2.05) is 24.3 Å². The monoisotopic (exact) mass is 543 g/mol. The second-order valence-corrected chi connectivity index (χ2v) is 7.64. The van der Waals surface area contributed by atoms with Gasteiger partial charge in [-0.15, -0.1) is 24.0 Å². The Kier molecular flexibility index (Phi) is 10.5. The zero-order chi connectivity index (χ0) is 21.3. The summed E-state index contributed by atoms with van der Waals surface area (Å²) < 4.78 is 21.8. The molecule has 1 fully saturated rings. The maximum absolute atomic E-state index is 5.50. The molecule has 0 amide bonds. The lowest BCUT2D eigenvalue weighted by atomic mass is 10.1. The fourth-order valence-corrected chi connectivity index (χ4v) is 3.53. The van der Waals surface area contributed by atoms with E-state index in [1.54, 1.807) is 20.5 Å². The molecule has 1 aliphatic heterocycles. The molecule has 1 aromatic heterocycles. The van der Waals surface area contributed by atoms with Crippen LogP contribution in [0, 0.1) is 12.8 Å². The lowest BCUT2D eigenvalue weighted by molar-refractivity contribution is 0.187. The average molecular weight is 543 g/mol. The summed E-state index contributed by atoms with van der Waals surface area (Å²) in [7, 11) is 5.37. The number of ether oxygens (including phenoxy) is 3. The van der Waals surface area contributed by atoms with Crippen LogP contribution >= 0.6 is 24.0 Å². The molecule has 1 unspecified atom stereocenters. The molecule has 0 spiro atoms.